The summed E-state index contributed by atoms with van der Waals surface area (Å²) in [5.74, 6) is 0.147. The first kappa shape index (κ1) is 21.6. The number of amides is 2. The second-order valence-corrected chi connectivity index (χ2v) is 7.73. The zero-order valence-electron chi connectivity index (χ0n) is 17.9. The van der Waals surface area contributed by atoms with Gasteiger partial charge in [0.1, 0.15) is 12.2 Å². The Morgan fingerprint density at radius 1 is 1.13 bits per heavy atom. The minimum Gasteiger partial charge on any atom is -0.497 e. The van der Waals surface area contributed by atoms with Crippen LogP contribution in [0.2, 0.25) is 0 Å². The van der Waals surface area contributed by atoms with Gasteiger partial charge in [0.05, 0.1) is 13.3 Å². The summed E-state index contributed by atoms with van der Waals surface area (Å²) < 4.78 is 7.33. The minimum absolute atomic E-state index is 0.200. The van der Waals surface area contributed by atoms with Gasteiger partial charge in [0, 0.05) is 28.7 Å². The Bertz CT molecular complexity index is 909. The van der Waals surface area contributed by atoms with Gasteiger partial charge < -0.3 is 14.6 Å². The molecule has 0 radical (unpaired) electrons. The number of hydrogen-bond donors (Lipinski definition) is 2. The van der Waals surface area contributed by atoms with E-state index in [9.17, 15) is 9.59 Å². The molecule has 0 atom stereocenters. The summed E-state index contributed by atoms with van der Waals surface area (Å²) in [6.45, 7) is 4.01. The number of aromatic nitrogens is 1. The summed E-state index contributed by atoms with van der Waals surface area (Å²) >= 11 is 0. The third kappa shape index (κ3) is 5.49. The molecule has 7 nitrogen and oxygen atoms in total. The Labute approximate surface area is 177 Å². The van der Waals surface area contributed by atoms with Crippen LogP contribution in [0.4, 0.5) is 0 Å². The molecule has 160 valence electrons. The van der Waals surface area contributed by atoms with Gasteiger partial charge in [-0.2, -0.15) is 5.10 Å². The molecule has 30 heavy (non-hydrogen) atoms. The number of methoxy groups -OCH3 is 1. The number of nitrogens with zero attached hydrogens (tertiary/aromatic N) is 2. The molecule has 7 heteroatoms. The van der Waals surface area contributed by atoms with E-state index in [4.69, 9.17) is 4.74 Å². The predicted molar refractivity (Wildman–Crippen MR) is 117 cm³/mol. The molecule has 1 saturated carbocycles. The maximum Gasteiger partial charge on any atom is 0.249 e. The Morgan fingerprint density at radius 3 is 2.50 bits per heavy atom. The monoisotopic (exact) mass is 410 g/mol. The Morgan fingerprint density at radius 2 is 1.83 bits per heavy atom. The quantitative estimate of drug-likeness (QED) is 0.417. The molecule has 0 spiro atoms. The lowest BCUT2D eigenvalue weighted by Crippen LogP contribution is -2.38. The topological polar surface area (TPSA) is 84.7 Å². The maximum absolute atomic E-state index is 12.0. The number of hydrazone groups is 1. The van der Waals surface area contributed by atoms with E-state index >= 15 is 0 Å². The van der Waals surface area contributed by atoms with Crippen molar-refractivity contribution < 1.29 is 14.3 Å². The van der Waals surface area contributed by atoms with Gasteiger partial charge in [-0.25, -0.2) is 5.43 Å². The summed E-state index contributed by atoms with van der Waals surface area (Å²) in [6.07, 6.45) is 6.88. The zero-order valence-corrected chi connectivity index (χ0v) is 17.9. The van der Waals surface area contributed by atoms with Gasteiger partial charge in [-0.05, 0) is 57.0 Å². The number of rotatable bonds is 7. The molecule has 0 unspecified atom stereocenters. The van der Waals surface area contributed by atoms with Crippen LogP contribution < -0.4 is 15.5 Å². The van der Waals surface area contributed by atoms with Crippen molar-refractivity contribution >= 4 is 18.0 Å². The summed E-state index contributed by atoms with van der Waals surface area (Å²) in [7, 11) is 1.64. The maximum atomic E-state index is 12.0. The van der Waals surface area contributed by atoms with E-state index in [2.05, 4.69) is 20.4 Å². The molecular formula is C23H30N4O3. The van der Waals surface area contributed by atoms with Crippen LogP contribution in [0.5, 0.6) is 5.75 Å². The molecule has 0 saturated heterocycles. The number of nitrogens with one attached hydrogen (secondary N) is 2. The van der Waals surface area contributed by atoms with Gasteiger partial charge in [-0.15, -0.1) is 0 Å². The molecule has 1 aromatic carbocycles. The number of ether oxygens (including phenoxy) is 1. The van der Waals surface area contributed by atoms with E-state index in [-0.39, 0.29) is 18.4 Å². The van der Waals surface area contributed by atoms with Crippen molar-refractivity contribution in [3.63, 3.8) is 0 Å². The lowest BCUT2D eigenvalue weighted by Gasteiger charge is -2.22. The molecule has 0 aliphatic heterocycles. The molecule has 3 rings (SSSR count). The normalized spacial score (nSPS) is 14.6. The van der Waals surface area contributed by atoms with Gasteiger partial charge in [0.25, 0.3) is 0 Å². The summed E-state index contributed by atoms with van der Waals surface area (Å²) in [6, 6.07) is 10.0. The van der Waals surface area contributed by atoms with E-state index in [1.54, 1.807) is 13.3 Å². The van der Waals surface area contributed by atoms with Crippen LogP contribution in [0, 0.1) is 13.8 Å². The van der Waals surface area contributed by atoms with Crippen molar-refractivity contribution in [3.8, 4) is 11.4 Å². The summed E-state index contributed by atoms with van der Waals surface area (Å²) in [5.41, 5.74) is 6.43. The van der Waals surface area contributed by atoms with Crippen LogP contribution in [0.3, 0.4) is 0 Å². The third-order valence-corrected chi connectivity index (χ3v) is 5.49. The fourth-order valence-corrected chi connectivity index (χ4v) is 3.93. The number of aryl methyl sites for hydroxylation is 1. The zero-order chi connectivity index (χ0) is 21.5. The van der Waals surface area contributed by atoms with Gasteiger partial charge in [0.15, 0.2) is 0 Å². The standard InChI is InChI=1S/C23H30N4O3/c1-16-13-18(17(2)27(16)20-9-11-21(30-3)12-10-20)15-24-26-23(29)14-22(28)25-19-7-5-4-6-8-19/h9-13,15,19H,4-8,14H2,1-3H3,(H,25,28)(H,26,29)/b24-15+. The molecule has 1 aliphatic rings. The van der Waals surface area contributed by atoms with Crippen LogP contribution in [0.1, 0.15) is 55.5 Å². The molecule has 1 heterocycles. The second kappa shape index (κ2) is 10.1. The van der Waals surface area contributed by atoms with Crippen molar-refractivity contribution in [1.82, 2.24) is 15.3 Å². The van der Waals surface area contributed by atoms with Crippen molar-refractivity contribution in [2.45, 2.75) is 58.4 Å². The Kier molecular flexibility index (Phi) is 7.27. The fourth-order valence-electron chi connectivity index (χ4n) is 3.93. The highest BCUT2D eigenvalue weighted by molar-refractivity contribution is 5.97. The van der Waals surface area contributed by atoms with Crippen molar-refractivity contribution in [2.24, 2.45) is 5.10 Å². The Balaban J connectivity index is 1.56. The highest BCUT2D eigenvalue weighted by atomic mass is 16.5. The van der Waals surface area contributed by atoms with Crippen LogP contribution in [0.15, 0.2) is 35.4 Å². The number of benzene rings is 1. The molecule has 1 aliphatic carbocycles. The molecule has 2 N–H and O–H groups in total. The van der Waals surface area contributed by atoms with E-state index in [1.165, 1.54) is 6.42 Å². The summed E-state index contributed by atoms with van der Waals surface area (Å²) in [5, 5.41) is 6.98. The molecule has 2 amide bonds. The lowest BCUT2D eigenvalue weighted by molar-refractivity contribution is -0.129. The first-order valence-electron chi connectivity index (χ1n) is 10.4. The molecule has 1 fully saturated rings. The van der Waals surface area contributed by atoms with Crippen LogP contribution in [-0.2, 0) is 9.59 Å². The van der Waals surface area contributed by atoms with Crippen molar-refractivity contribution in [3.05, 3.63) is 47.3 Å². The van der Waals surface area contributed by atoms with Gasteiger partial charge in [0.2, 0.25) is 11.8 Å². The first-order valence-corrected chi connectivity index (χ1v) is 10.4. The number of carbonyl (C=O) groups is 2. The van der Waals surface area contributed by atoms with E-state index in [0.29, 0.717) is 0 Å². The van der Waals surface area contributed by atoms with Crippen LogP contribution in [0.25, 0.3) is 5.69 Å². The van der Waals surface area contributed by atoms with Gasteiger partial charge in [-0.3, -0.25) is 9.59 Å². The van der Waals surface area contributed by atoms with Gasteiger partial charge >= 0.3 is 0 Å². The van der Waals surface area contributed by atoms with E-state index in [1.807, 2.05) is 44.2 Å². The van der Waals surface area contributed by atoms with E-state index < -0.39 is 5.91 Å². The second-order valence-electron chi connectivity index (χ2n) is 7.73. The largest absolute Gasteiger partial charge is 0.497 e. The lowest BCUT2D eigenvalue weighted by atomic mass is 9.95. The number of hydrogen-bond acceptors (Lipinski definition) is 4. The number of carbonyl (C=O) groups excluding carboxylic acids is 2. The molecule has 0 bridgehead atoms. The smallest absolute Gasteiger partial charge is 0.249 e. The first-order chi connectivity index (χ1) is 14.5. The van der Waals surface area contributed by atoms with Crippen molar-refractivity contribution in [2.75, 3.05) is 7.11 Å². The highest BCUT2D eigenvalue weighted by Gasteiger charge is 2.17. The minimum atomic E-state index is -0.413. The Hall–Kier alpha value is -3.09. The van der Waals surface area contributed by atoms with E-state index in [0.717, 1.165) is 54.1 Å². The fraction of sp³-hybridized carbons (Fsp3) is 0.435. The summed E-state index contributed by atoms with van der Waals surface area (Å²) in [4.78, 5) is 24.0. The van der Waals surface area contributed by atoms with Crippen LogP contribution in [-0.4, -0.2) is 35.7 Å². The average Bonchev–Trinajstić information content (AvgIpc) is 3.02. The third-order valence-electron chi connectivity index (χ3n) is 5.49. The SMILES string of the molecule is COc1ccc(-n2c(C)cc(/C=N/NC(=O)CC(=O)NC3CCCCC3)c2C)cc1. The highest BCUT2D eigenvalue weighted by Crippen LogP contribution is 2.22. The van der Waals surface area contributed by atoms with Gasteiger partial charge in [-0.1, -0.05) is 19.3 Å². The molecule has 2 aromatic rings. The predicted octanol–water partition coefficient (Wildman–Crippen LogP) is 3.39. The van der Waals surface area contributed by atoms with Crippen LogP contribution >= 0.6 is 0 Å². The average molecular weight is 411 g/mol. The molecular weight excluding hydrogens is 380 g/mol. The molecule has 1 aromatic heterocycles. The van der Waals surface area contributed by atoms with Crippen molar-refractivity contribution in [1.29, 1.82) is 0 Å².